The minimum atomic E-state index is -0.341. The molecule has 0 aliphatic carbocycles. The Balaban J connectivity index is 1.68. The molecule has 0 bridgehead atoms. The van der Waals surface area contributed by atoms with Crippen LogP contribution in [0.4, 0.5) is 11.6 Å². The van der Waals surface area contributed by atoms with E-state index >= 15 is 0 Å². The molecule has 5 rings (SSSR count). The maximum absolute atomic E-state index is 13.0. The molecule has 1 aliphatic rings. The van der Waals surface area contributed by atoms with Gasteiger partial charge in [-0.05, 0) is 43.2 Å². The lowest BCUT2D eigenvalue weighted by molar-refractivity contribution is 0.739. The number of aromatic amines is 1. The van der Waals surface area contributed by atoms with E-state index in [4.69, 9.17) is 35.4 Å². The number of hydrogen-bond acceptors (Lipinski definition) is 5. The number of H-pyrrole nitrogens is 1. The molecule has 0 saturated heterocycles. The molecule has 0 unspecified atom stereocenters. The van der Waals surface area contributed by atoms with Crippen molar-refractivity contribution in [2.24, 2.45) is 0 Å². The van der Waals surface area contributed by atoms with Gasteiger partial charge in [-0.15, -0.1) is 0 Å². The van der Waals surface area contributed by atoms with Crippen LogP contribution in [-0.4, -0.2) is 25.6 Å². The Kier molecular flexibility index (Phi) is 4.61. The van der Waals surface area contributed by atoms with Crippen LogP contribution in [0.25, 0.3) is 16.7 Å². The van der Waals surface area contributed by atoms with Gasteiger partial charge >= 0.3 is 0 Å². The number of anilines is 2. The van der Waals surface area contributed by atoms with E-state index in [0.29, 0.717) is 27.3 Å². The van der Waals surface area contributed by atoms with E-state index in [0.717, 1.165) is 12.1 Å². The molecule has 0 amide bonds. The molecule has 1 aliphatic heterocycles. The highest BCUT2D eigenvalue weighted by Gasteiger charge is 2.29. The molecule has 0 radical (unpaired) electrons. The maximum atomic E-state index is 13.0. The first-order valence-electron chi connectivity index (χ1n) is 9.27. The van der Waals surface area contributed by atoms with Crippen molar-refractivity contribution in [1.29, 1.82) is 0 Å². The number of nitrogens with one attached hydrogen (secondary N) is 1. The van der Waals surface area contributed by atoms with Crippen molar-refractivity contribution in [3.05, 3.63) is 79.4 Å². The summed E-state index contributed by atoms with van der Waals surface area (Å²) in [4.78, 5) is 27.0. The van der Waals surface area contributed by atoms with E-state index in [1.54, 1.807) is 22.8 Å². The monoisotopic (exact) mass is 455 g/mol. The molecule has 0 fully saturated rings. The van der Waals surface area contributed by atoms with Gasteiger partial charge in [-0.25, -0.2) is 4.98 Å². The lowest BCUT2D eigenvalue weighted by Crippen LogP contribution is -2.28. The molecule has 4 aromatic rings. The van der Waals surface area contributed by atoms with Gasteiger partial charge in [0.25, 0.3) is 5.56 Å². The molecule has 150 valence electrons. The third-order valence-corrected chi connectivity index (χ3v) is 6.01. The lowest BCUT2D eigenvalue weighted by Gasteiger charge is -2.23. The number of fused-ring (bicyclic) bond motifs is 2. The summed E-state index contributed by atoms with van der Waals surface area (Å²) in [5, 5.41) is 1.17. The van der Waals surface area contributed by atoms with Crippen LogP contribution in [0.5, 0.6) is 0 Å². The van der Waals surface area contributed by atoms with Crippen molar-refractivity contribution < 1.29 is 0 Å². The third-order valence-electron chi connectivity index (χ3n) is 5.18. The van der Waals surface area contributed by atoms with Crippen molar-refractivity contribution >= 4 is 58.1 Å². The zero-order valence-electron chi connectivity index (χ0n) is 15.8. The second-order valence-corrected chi connectivity index (χ2v) is 8.45. The van der Waals surface area contributed by atoms with E-state index in [9.17, 15) is 4.79 Å². The van der Waals surface area contributed by atoms with Gasteiger partial charge in [0.1, 0.15) is 16.4 Å². The van der Waals surface area contributed by atoms with Crippen LogP contribution >= 0.6 is 35.4 Å². The smallest absolute Gasteiger partial charge is 0.264 e. The SMILES string of the molecule is C[C@H]1Cc2ccccc2N1c1nc2ncn(-c3cc(Cl)cc(Cl)c3)c(=S)c2c(=O)[nH]1. The predicted octanol–water partition coefficient (Wildman–Crippen LogP) is 5.23. The highest BCUT2D eigenvalue weighted by molar-refractivity contribution is 7.71. The van der Waals surface area contributed by atoms with Crippen molar-refractivity contribution in [1.82, 2.24) is 19.5 Å². The Bertz CT molecular complexity index is 1410. The number of nitrogens with zero attached hydrogens (tertiary/aromatic N) is 4. The standard InChI is InChI=1S/C21H15Cl2N5OS/c1-11-6-12-4-2-3-5-16(12)28(11)21-25-18-17(19(29)26-21)20(30)27(10-24-18)15-8-13(22)7-14(23)9-15/h2-5,7-11H,6H2,1H3,(H,25,26,29)/t11-/m0/s1. The second-order valence-electron chi connectivity index (χ2n) is 7.19. The van der Waals surface area contributed by atoms with Crippen molar-refractivity contribution in [2.75, 3.05) is 4.90 Å². The Morgan fingerprint density at radius 2 is 1.90 bits per heavy atom. The minimum Gasteiger partial charge on any atom is -0.309 e. The Morgan fingerprint density at radius 3 is 2.67 bits per heavy atom. The highest BCUT2D eigenvalue weighted by atomic mass is 35.5. The second kappa shape index (κ2) is 7.19. The number of para-hydroxylation sites is 1. The molecule has 2 aromatic heterocycles. The van der Waals surface area contributed by atoms with Crippen LogP contribution in [0.15, 0.2) is 53.6 Å². The summed E-state index contributed by atoms with van der Waals surface area (Å²) >= 11 is 17.8. The summed E-state index contributed by atoms with van der Waals surface area (Å²) in [7, 11) is 0. The van der Waals surface area contributed by atoms with Crippen molar-refractivity contribution in [3.63, 3.8) is 0 Å². The molecule has 30 heavy (non-hydrogen) atoms. The van der Waals surface area contributed by atoms with E-state index < -0.39 is 0 Å². The quantitative estimate of drug-likeness (QED) is 0.419. The normalized spacial score (nSPS) is 15.6. The first kappa shape index (κ1) is 19.2. The number of halogens is 2. The molecule has 2 aromatic carbocycles. The number of benzene rings is 2. The number of rotatable bonds is 2. The van der Waals surface area contributed by atoms with Crippen LogP contribution in [-0.2, 0) is 6.42 Å². The fraction of sp³-hybridized carbons (Fsp3) is 0.143. The van der Waals surface area contributed by atoms with Crippen LogP contribution in [0, 0.1) is 4.64 Å². The molecule has 9 heteroatoms. The maximum Gasteiger partial charge on any atom is 0.264 e. The minimum absolute atomic E-state index is 0.160. The topological polar surface area (TPSA) is 66.8 Å². The Hall–Kier alpha value is -2.74. The predicted molar refractivity (Wildman–Crippen MR) is 122 cm³/mol. The molecule has 6 nitrogen and oxygen atoms in total. The summed E-state index contributed by atoms with van der Waals surface area (Å²) in [6.45, 7) is 2.10. The van der Waals surface area contributed by atoms with Gasteiger partial charge in [0.05, 0.1) is 5.69 Å². The zero-order chi connectivity index (χ0) is 21.0. The summed E-state index contributed by atoms with van der Waals surface area (Å²) < 4.78 is 1.88. The molecular weight excluding hydrogens is 441 g/mol. The molecular formula is C21H15Cl2N5OS. The fourth-order valence-corrected chi connectivity index (χ4v) is 4.74. The summed E-state index contributed by atoms with van der Waals surface area (Å²) in [6, 6.07) is 13.3. The van der Waals surface area contributed by atoms with E-state index in [-0.39, 0.29) is 21.6 Å². The largest absolute Gasteiger partial charge is 0.309 e. The highest BCUT2D eigenvalue weighted by Crippen LogP contribution is 2.36. The van der Waals surface area contributed by atoms with Gasteiger partial charge in [-0.3, -0.25) is 14.3 Å². The molecule has 1 atom stereocenters. The molecule has 0 spiro atoms. The van der Waals surface area contributed by atoms with E-state index in [1.807, 2.05) is 23.1 Å². The summed E-state index contributed by atoms with van der Waals surface area (Å²) in [5.41, 5.74) is 2.82. The van der Waals surface area contributed by atoms with Gasteiger partial charge in [0.15, 0.2) is 5.65 Å². The zero-order valence-corrected chi connectivity index (χ0v) is 18.1. The number of hydrogen-bond donors (Lipinski definition) is 1. The Labute approximate surface area is 186 Å². The van der Waals surface area contributed by atoms with Crippen LogP contribution in [0.3, 0.4) is 0 Å². The first-order valence-corrected chi connectivity index (χ1v) is 10.4. The fourth-order valence-electron chi connectivity index (χ4n) is 3.89. The Morgan fingerprint density at radius 1 is 1.17 bits per heavy atom. The van der Waals surface area contributed by atoms with Crippen LogP contribution < -0.4 is 10.5 Å². The van der Waals surface area contributed by atoms with E-state index in [2.05, 4.69) is 27.9 Å². The molecule has 1 N–H and O–H groups in total. The molecule has 0 saturated carbocycles. The lowest BCUT2D eigenvalue weighted by atomic mass is 10.1. The third kappa shape index (κ3) is 3.10. The molecule has 3 heterocycles. The van der Waals surface area contributed by atoms with Crippen molar-refractivity contribution in [2.45, 2.75) is 19.4 Å². The summed E-state index contributed by atoms with van der Waals surface area (Å²) in [5.74, 6) is 0.454. The van der Waals surface area contributed by atoms with Crippen molar-refractivity contribution in [3.8, 4) is 5.69 Å². The van der Waals surface area contributed by atoms with Gasteiger partial charge in [-0.2, -0.15) is 4.98 Å². The first-order chi connectivity index (χ1) is 14.4. The number of aromatic nitrogens is 4. The van der Waals surface area contributed by atoms with Crippen LogP contribution in [0.2, 0.25) is 10.0 Å². The van der Waals surface area contributed by atoms with Gasteiger partial charge in [0, 0.05) is 21.8 Å². The average molecular weight is 456 g/mol. The van der Waals surface area contributed by atoms with Gasteiger partial charge < -0.3 is 4.90 Å². The van der Waals surface area contributed by atoms with Gasteiger partial charge in [-0.1, -0.05) is 53.6 Å². The summed E-state index contributed by atoms with van der Waals surface area (Å²) in [6.07, 6.45) is 2.41. The van der Waals surface area contributed by atoms with E-state index in [1.165, 1.54) is 11.9 Å². The average Bonchev–Trinajstić information content (AvgIpc) is 3.02. The van der Waals surface area contributed by atoms with Gasteiger partial charge in [0.2, 0.25) is 5.95 Å². The van der Waals surface area contributed by atoms with Crippen LogP contribution in [0.1, 0.15) is 12.5 Å².